The van der Waals surface area contributed by atoms with Crippen molar-refractivity contribution < 1.29 is 9.59 Å². The molecule has 0 spiro atoms. The highest BCUT2D eigenvalue weighted by Crippen LogP contribution is 2.22. The zero-order valence-corrected chi connectivity index (χ0v) is 11.9. The summed E-state index contributed by atoms with van der Waals surface area (Å²) in [6.45, 7) is 2.32. The Balaban J connectivity index is 2.20. The summed E-state index contributed by atoms with van der Waals surface area (Å²) in [7, 11) is 0. The quantitative estimate of drug-likeness (QED) is 0.789. The van der Waals surface area contributed by atoms with Gasteiger partial charge >= 0.3 is 0 Å². The maximum Gasteiger partial charge on any atom is 0.247 e. The molecule has 3 heteroatoms. The first-order chi connectivity index (χ1) is 9.72. The van der Waals surface area contributed by atoms with Gasteiger partial charge in [-0.25, -0.2) is 0 Å². The Hall–Kier alpha value is -1.90. The largest absolute Gasteiger partial charge is 0.325 e. The maximum atomic E-state index is 12.3. The lowest BCUT2D eigenvalue weighted by atomic mass is 9.92. The molecule has 1 aromatic rings. The van der Waals surface area contributed by atoms with Gasteiger partial charge in [0.25, 0.3) is 0 Å². The van der Waals surface area contributed by atoms with E-state index in [4.69, 9.17) is 0 Å². The van der Waals surface area contributed by atoms with Crippen molar-refractivity contribution in [1.82, 2.24) is 4.90 Å². The summed E-state index contributed by atoms with van der Waals surface area (Å²) in [6.07, 6.45) is 6.63. The Morgan fingerprint density at radius 2 is 2.05 bits per heavy atom. The van der Waals surface area contributed by atoms with Crippen LogP contribution in [0.1, 0.15) is 38.2 Å². The maximum absolute atomic E-state index is 12.3. The van der Waals surface area contributed by atoms with Gasteiger partial charge in [-0.2, -0.15) is 0 Å². The predicted molar refractivity (Wildman–Crippen MR) is 79.1 cm³/mol. The molecule has 0 aromatic heterocycles. The van der Waals surface area contributed by atoms with E-state index in [-0.39, 0.29) is 17.7 Å². The van der Waals surface area contributed by atoms with Crippen LogP contribution in [0.5, 0.6) is 0 Å². The number of hydrogen-bond donors (Lipinski definition) is 0. The fourth-order valence-electron chi connectivity index (χ4n) is 2.65. The van der Waals surface area contributed by atoms with Crippen LogP contribution < -0.4 is 0 Å². The minimum Gasteiger partial charge on any atom is -0.325 e. The second kappa shape index (κ2) is 7.04. The van der Waals surface area contributed by atoms with Gasteiger partial charge in [-0.05, 0) is 31.4 Å². The number of Topliss-reactive ketones (excluding diaryl/α,β-unsaturated/α-hetero) is 1. The van der Waals surface area contributed by atoms with Crippen molar-refractivity contribution in [1.29, 1.82) is 0 Å². The van der Waals surface area contributed by atoms with Gasteiger partial charge in [-0.1, -0.05) is 42.8 Å². The number of carbonyl (C=O) groups excluding carboxylic acids is 2. The van der Waals surface area contributed by atoms with E-state index in [1.165, 1.54) is 0 Å². The molecule has 0 N–H and O–H groups in total. The topological polar surface area (TPSA) is 37.4 Å². The summed E-state index contributed by atoms with van der Waals surface area (Å²) >= 11 is 0. The molecule has 0 bridgehead atoms. The molecule has 20 heavy (non-hydrogen) atoms. The molecule has 1 aliphatic rings. The van der Waals surface area contributed by atoms with E-state index < -0.39 is 0 Å². The second-order valence-electron chi connectivity index (χ2n) is 5.18. The smallest absolute Gasteiger partial charge is 0.247 e. The van der Waals surface area contributed by atoms with Crippen LogP contribution >= 0.6 is 0 Å². The zero-order chi connectivity index (χ0) is 14.4. The molecule has 0 aliphatic heterocycles. The number of carbonyl (C=O) groups is 2. The van der Waals surface area contributed by atoms with Gasteiger partial charge in [0.2, 0.25) is 5.91 Å². The lowest BCUT2D eigenvalue weighted by molar-refractivity contribution is -0.138. The van der Waals surface area contributed by atoms with Gasteiger partial charge in [0, 0.05) is 13.0 Å². The third-order valence-electron chi connectivity index (χ3n) is 3.69. The number of allylic oxidation sites excluding steroid dienone is 1. The van der Waals surface area contributed by atoms with Gasteiger partial charge in [0.05, 0.1) is 6.04 Å². The molecule has 1 fully saturated rings. The first kappa shape index (κ1) is 14.5. The standard InChI is InChI=1S/C17H21NO2/c1-2-8-17(20)18(13-14-9-4-3-5-10-14)15-11-6-7-12-16(15)19/h2-5,8-10,15H,6-7,11-13H2,1H3/b8-2+. The summed E-state index contributed by atoms with van der Waals surface area (Å²) < 4.78 is 0. The lowest BCUT2D eigenvalue weighted by Crippen LogP contribution is -2.45. The number of nitrogens with zero attached hydrogens (tertiary/aromatic N) is 1. The zero-order valence-electron chi connectivity index (χ0n) is 11.9. The van der Waals surface area contributed by atoms with Crippen LogP contribution in [-0.2, 0) is 16.1 Å². The molecule has 0 saturated heterocycles. The van der Waals surface area contributed by atoms with E-state index in [2.05, 4.69) is 0 Å². The number of amides is 1. The molecule has 1 atom stereocenters. The number of benzene rings is 1. The molecule has 3 nitrogen and oxygen atoms in total. The Kier molecular flexibility index (Phi) is 5.10. The van der Waals surface area contributed by atoms with E-state index >= 15 is 0 Å². The fourth-order valence-corrected chi connectivity index (χ4v) is 2.65. The normalized spacial score (nSPS) is 19.2. The van der Waals surface area contributed by atoms with E-state index in [9.17, 15) is 9.59 Å². The highest BCUT2D eigenvalue weighted by molar-refractivity contribution is 5.93. The molecule has 1 saturated carbocycles. The molecule has 0 radical (unpaired) electrons. The van der Waals surface area contributed by atoms with Crippen LogP contribution in [0, 0.1) is 0 Å². The van der Waals surface area contributed by atoms with Crippen LogP contribution in [0.15, 0.2) is 42.5 Å². The van der Waals surface area contributed by atoms with Crippen molar-refractivity contribution in [3.05, 3.63) is 48.0 Å². The summed E-state index contributed by atoms with van der Waals surface area (Å²) in [4.78, 5) is 26.1. The van der Waals surface area contributed by atoms with Gasteiger partial charge in [-0.15, -0.1) is 0 Å². The molecular weight excluding hydrogens is 250 g/mol. The van der Waals surface area contributed by atoms with Crippen molar-refractivity contribution in [2.75, 3.05) is 0 Å². The molecule has 1 unspecified atom stereocenters. The minimum atomic E-state index is -0.257. The average Bonchev–Trinajstić information content (AvgIpc) is 2.47. The molecule has 1 amide bonds. The van der Waals surface area contributed by atoms with Crippen molar-refractivity contribution in [3.8, 4) is 0 Å². The first-order valence-corrected chi connectivity index (χ1v) is 7.22. The average molecular weight is 271 g/mol. The molecule has 1 aromatic carbocycles. The molecule has 1 aliphatic carbocycles. The van der Waals surface area contributed by atoms with Crippen LogP contribution in [0.2, 0.25) is 0 Å². The molecular formula is C17H21NO2. The number of ketones is 1. The van der Waals surface area contributed by atoms with Gasteiger partial charge < -0.3 is 4.90 Å². The van der Waals surface area contributed by atoms with Crippen molar-refractivity contribution in [3.63, 3.8) is 0 Å². The van der Waals surface area contributed by atoms with E-state index in [1.54, 1.807) is 17.1 Å². The second-order valence-corrected chi connectivity index (χ2v) is 5.18. The van der Waals surface area contributed by atoms with Crippen molar-refractivity contribution in [2.45, 2.75) is 45.2 Å². The monoisotopic (exact) mass is 271 g/mol. The molecule has 0 heterocycles. The summed E-state index contributed by atoms with van der Waals surface area (Å²) in [5.74, 6) is 0.127. The SMILES string of the molecule is C/C=C/C(=O)N(Cc1ccccc1)C1CCCCC1=O. The van der Waals surface area contributed by atoms with Crippen LogP contribution in [0.25, 0.3) is 0 Å². The highest BCUT2D eigenvalue weighted by atomic mass is 16.2. The highest BCUT2D eigenvalue weighted by Gasteiger charge is 2.30. The predicted octanol–water partition coefficient (Wildman–Crippen LogP) is 3.10. The van der Waals surface area contributed by atoms with E-state index in [0.717, 1.165) is 24.8 Å². The van der Waals surface area contributed by atoms with Gasteiger partial charge in [0.15, 0.2) is 5.78 Å². The Morgan fingerprint density at radius 3 is 2.70 bits per heavy atom. The third kappa shape index (κ3) is 3.56. The Labute approximate surface area is 120 Å². The van der Waals surface area contributed by atoms with E-state index in [1.807, 2.05) is 37.3 Å². The molecule has 2 rings (SSSR count). The minimum absolute atomic E-state index is 0.0726. The lowest BCUT2D eigenvalue weighted by Gasteiger charge is -2.32. The van der Waals surface area contributed by atoms with Crippen molar-refractivity contribution >= 4 is 11.7 Å². The van der Waals surface area contributed by atoms with E-state index in [0.29, 0.717) is 13.0 Å². The Bertz CT molecular complexity index is 493. The Morgan fingerprint density at radius 1 is 1.30 bits per heavy atom. The fraction of sp³-hybridized carbons (Fsp3) is 0.412. The summed E-state index contributed by atoms with van der Waals surface area (Å²) in [5.41, 5.74) is 1.06. The van der Waals surface area contributed by atoms with Crippen LogP contribution in [-0.4, -0.2) is 22.6 Å². The summed E-state index contributed by atoms with van der Waals surface area (Å²) in [5, 5.41) is 0. The van der Waals surface area contributed by atoms with Crippen molar-refractivity contribution in [2.24, 2.45) is 0 Å². The third-order valence-corrected chi connectivity index (χ3v) is 3.69. The van der Waals surface area contributed by atoms with Gasteiger partial charge in [-0.3, -0.25) is 9.59 Å². The number of rotatable bonds is 4. The van der Waals surface area contributed by atoms with Crippen LogP contribution in [0.3, 0.4) is 0 Å². The number of hydrogen-bond acceptors (Lipinski definition) is 2. The van der Waals surface area contributed by atoms with Crippen LogP contribution in [0.4, 0.5) is 0 Å². The molecule has 106 valence electrons. The first-order valence-electron chi connectivity index (χ1n) is 7.22. The van der Waals surface area contributed by atoms with Gasteiger partial charge in [0.1, 0.15) is 0 Å². The summed E-state index contributed by atoms with van der Waals surface area (Å²) in [6, 6.07) is 9.58.